The molecular weight excluding hydrogens is 277 g/mol. The number of rotatable bonds is 4. The molecule has 0 amide bonds. The van der Waals surface area contributed by atoms with Crippen molar-refractivity contribution in [3.05, 3.63) is 40.3 Å². The van der Waals surface area contributed by atoms with Crippen LogP contribution in [-0.4, -0.2) is 26.9 Å². The van der Waals surface area contributed by atoms with Crippen molar-refractivity contribution in [3.63, 3.8) is 0 Å². The average Bonchev–Trinajstić information content (AvgIpc) is 2.37. The molecule has 0 aliphatic heterocycles. The second kappa shape index (κ2) is 5.95. The zero-order valence-corrected chi connectivity index (χ0v) is 10.7. The number of aliphatic hydroxyl groups is 1. The first-order valence-electron chi connectivity index (χ1n) is 5.12. The minimum atomic E-state index is -0.0358. The third-order valence-electron chi connectivity index (χ3n) is 2.13. The highest BCUT2D eigenvalue weighted by Gasteiger charge is 2.08. The summed E-state index contributed by atoms with van der Waals surface area (Å²) in [5.74, 6) is 0.654. The third kappa shape index (κ3) is 3.29. The molecule has 0 unspecified atom stereocenters. The summed E-state index contributed by atoms with van der Waals surface area (Å²) in [5, 5.41) is 15.9. The molecule has 0 aliphatic rings. The summed E-state index contributed by atoms with van der Waals surface area (Å²) in [4.78, 5) is 3.82. The van der Waals surface area contributed by atoms with Gasteiger partial charge in [-0.1, -0.05) is 23.7 Å². The standard InChI is InChI=1S/C11H9Cl2N3O2/c12-9-10(14-11(13)16-15-9)18-8-3-1-7(2-4-8)5-6-17/h1-4,17H,5-6H2. The number of ether oxygens (including phenoxy) is 1. The van der Waals surface area contributed by atoms with Crippen LogP contribution in [0.1, 0.15) is 5.56 Å². The molecule has 94 valence electrons. The van der Waals surface area contributed by atoms with E-state index in [1.807, 2.05) is 12.1 Å². The highest BCUT2D eigenvalue weighted by atomic mass is 35.5. The van der Waals surface area contributed by atoms with Crippen LogP contribution in [0.4, 0.5) is 0 Å². The molecule has 7 heteroatoms. The van der Waals surface area contributed by atoms with Gasteiger partial charge >= 0.3 is 0 Å². The fourth-order valence-corrected chi connectivity index (χ4v) is 1.54. The Kier molecular flexibility index (Phi) is 4.30. The summed E-state index contributed by atoms with van der Waals surface area (Å²) in [6, 6.07) is 7.18. The SMILES string of the molecule is OCCc1ccc(Oc2nc(Cl)nnc2Cl)cc1. The van der Waals surface area contributed by atoms with E-state index in [-0.39, 0.29) is 22.9 Å². The van der Waals surface area contributed by atoms with Crippen molar-refractivity contribution in [1.29, 1.82) is 0 Å². The van der Waals surface area contributed by atoms with E-state index in [4.69, 9.17) is 33.0 Å². The molecule has 0 fully saturated rings. The van der Waals surface area contributed by atoms with Crippen LogP contribution in [0.15, 0.2) is 24.3 Å². The molecule has 2 aromatic rings. The Hall–Kier alpha value is -1.43. The number of hydrogen-bond acceptors (Lipinski definition) is 5. The Bertz CT molecular complexity index is 534. The lowest BCUT2D eigenvalue weighted by Gasteiger charge is -2.06. The average molecular weight is 286 g/mol. The summed E-state index contributed by atoms with van der Waals surface area (Å²) in [6.07, 6.45) is 0.599. The Morgan fingerprint density at radius 1 is 1.11 bits per heavy atom. The van der Waals surface area contributed by atoms with Gasteiger partial charge in [0.1, 0.15) is 5.75 Å². The minimum Gasteiger partial charge on any atom is -0.436 e. The lowest BCUT2D eigenvalue weighted by molar-refractivity contribution is 0.299. The zero-order valence-electron chi connectivity index (χ0n) is 9.18. The lowest BCUT2D eigenvalue weighted by atomic mass is 10.1. The number of aromatic nitrogens is 3. The highest BCUT2D eigenvalue weighted by Crippen LogP contribution is 2.25. The first kappa shape index (κ1) is 13.0. The fraction of sp³-hybridized carbons (Fsp3) is 0.182. The van der Waals surface area contributed by atoms with Gasteiger partial charge in [-0.25, -0.2) is 0 Å². The molecule has 0 saturated carbocycles. The van der Waals surface area contributed by atoms with Crippen molar-refractivity contribution in [2.75, 3.05) is 6.61 Å². The second-order valence-electron chi connectivity index (χ2n) is 3.40. The van der Waals surface area contributed by atoms with Crippen LogP contribution in [0, 0.1) is 0 Å². The van der Waals surface area contributed by atoms with Crippen molar-refractivity contribution in [2.24, 2.45) is 0 Å². The van der Waals surface area contributed by atoms with Crippen molar-refractivity contribution >= 4 is 23.2 Å². The topological polar surface area (TPSA) is 68.1 Å². The molecule has 1 aromatic carbocycles. The molecule has 2 rings (SSSR count). The van der Waals surface area contributed by atoms with E-state index in [0.717, 1.165) is 5.56 Å². The van der Waals surface area contributed by atoms with E-state index in [2.05, 4.69) is 15.2 Å². The van der Waals surface area contributed by atoms with Gasteiger partial charge < -0.3 is 9.84 Å². The predicted molar refractivity (Wildman–Crippen MR) is 67.2 cm³/mol. The minimum absolute atomic E-state index is 0.0358. The van der Waals surface area contributed by atoms with Crippen LogP contribution in [0.25, 0.3) is 0 Å². The van der Waals surface area contributed by atoms with Gasteiger partial charge in [0.2, 0.25) is 10.4 Å². The van der Waals surface area contributed by atoms with Gasteiger partial charge in [0.15, 0.2) is 0 Å². The molecule has 1 N–H and O–H groups in total. The van der Waals surface area contributed by atoms with Gasteiger partial charge in [0.05, 0.1) is 0 Å². The predicted octanol–water partition coefficient (Wildman–Crippen LogP) is 2.51. The fourth-order valence-electron chi connectivity index (χ4n) is 1.31. The Labute approximate surface area is 113 Å². The van der Waals surface area contributed by atoms with E-state index < -0.39 is 0 Å². The Morgan fingerprint density at radius 2 is 1.83 bits per heavy atom. The second-order valence-corrected chi connectivity index (χ2v) is 4.09. The molecule has 5 nitrogen and oxygen atoms in total. The summed E-state index contributed by atoms with van der Waals surface area (Å²) in [6.45, 7) is 0.109. The van der Waals surface area contributed by atoms with E-state index in [1.54, 1.807) is 12.1 Å². The van der Waals surface area contributed by atoms with Crippen LogP contribution in [0.2, 0.25) is 10.4 Å². The first-order valence-corrected chi connectivity index (χ1v) is 5.88. The van der Waals surface area contributed by atoms with Crippen molar-refractivity contribution in [3.8, 4) is 11.6 Å². The van der Waals surface area contributed by atoms with Crippen molar-refractivity contribution in [1.82, 2.24) is 15.2 Å². The Balaban J connectivity index is 2.15. The van der Waals surface area contributed by atoms with E-state index in [9.17, 15) is 0 Å². The van der Waals surface area contributed by atoms with Crippen molar-refractivity contribution < 1.29 is 9.84 Å². The third-order valence-corrected chi connectivity index (χ3v) is 2.53. The Morgan fingerprint density at radius 3 is 2.50 bits per heavy atom. The van der Waals surface area contributed by atoms with Crippen LogP contribution < -0.4 is 4.74 Å². The molecule has 1 aromatic heterocycles. The van der Waals surface area contributed by atoms with Crippen LogP contribution in [-0.2, 0) is 6.42 Å². The summed E-state index contributed by atoms with van der Waals surface area (Å²) >= 11 is 11.4. The van der Waals surface area contributed by atoms with Gasteiger partial charge in [-0.3, -0.25) is 0 Å². The number of hydrogen-bond donors (Lipinski definition) is 1. The van der Waals surface area contributed by atoms with Crippen LogP contribution in [0.3, 0.4) is 0 Å². The van der Waals surface area contributed by atoms with Gasteiger partial charge in [0.25, 0.3) is 5.88 Å². The van der Waals surface area contributed by atoms with E-state index >= 15 is 0 Å². The number of nitrogens with zero attached hydrogens (tertiary/aromatic N) is 3. The zero-order chi connectivity index (χ0) is 13.0. The summed E-state index contributed by atoms with van der Waals surface area (Å²) in [7, 11) is 0. The quantitative estimate of drug-likeness (QED) is 0.935. The largest absolute Gasteiger partial charge is 0.436 e. The summed E-state index contributed by atoms with van der Waals surface area (Å²) in [5.41, 5.74) is 1.01. The first-order chi connectivity index (χ1) is 8.69. The smallest absolute Gasteiger partial charge is 0.262 e. The van der Waals surface area contributed by atoms with E-state index in [0.29, 0.717) is 12.2 Å². The normalized spacial score (nSPS) is 10.4. The highest BCUT2D eigenvalue weighted by molar-refractivity contribution is 6.31. The lowest BCUT2D eigenvalue weighted by Crippen LogP contribution is -1.95. The molecule has 0 atom stereocenters. The summed E-state index contributed by atoms with van der Waals surface area (Å²) < 4.78 is 5.43. The maximum atomic E-state index is 8.80. The number of benzene rings is 1. The van der Waals surface area contributed by atoms with Gasteiger partial charge in [-0.05, 0) is 35.7 Å². The molecule has 0 aliphatic carbocycles. The van der Waals surface area contributed by atoms with E-state index in [1.165, 1.54) is 0 Å². The molecular formula is C11H9Cl2N3O2. The van der Waals surface area contributed by atoms with Gasteiger partial charge in [0, 0.05) is 6.61 Å². The molecule has 0 radical (unpaired) electrons. The number of halogens is 2. The van der Waals surface area contributed by atoms with Crippen LogP contribution in [0.5, 0.6) is 11.6 Å². The molecule has 0 saturated heterocycles. The monoisotopic (exact) mass is 285 g/mol. The molecule has 0 bridgehead atoms. The molecule has 18 heavy (non-hydrogen) atoms. The maximum absolute atomic E-state index is 8.80. The van der Waals surface area contributed by atoms with Gasteiger partial charge in [-0.15, -0.1) is 10.2 Å². The number of aliphatic hydroxyl groups excluding tert-OH is 1. The molecule has 0 spiro atoms. The van der Waals surface area contributed by atoms with Crippen molar-refractivity contribution in [2.45, 2.75) is 6.42 Å². The van der Waals surface area contributed by atoms with Gasteiger partial charge in [-0.2, -0.15) is 4.98 Å². The molecule has 1 heterocycles. The van der Waals surface area contributed by atoms with Crippen LogP contribution >= 0.6 is 23.2 Å². The maximum Gasteiger partial charge on any atom is 0.262 e.